The maximum Gasteiger partial charge on any atom is 0.342 e. The van der Waals surface area contributed by atoms with Crippen LogP contribution >= 0.6 is 11.8 Å². The molecule has 2 aliphatic rings. The van der Waals surface area contributed by atoms with Crippen LogP contribution in [0, 0.1) is 17.0 Å². The average molecular weight is 577 g/mol. The predicted octanol–water partition coefficient (Wildman–Crippen LogP) is 0.441. The van der Waals surface area contributed by atoms with Gasteiger partial charge < -0.3 is 41.0 Å². The van der Waals surface area contributed by atoms with Gasteiger partial charge in [0.05, 0.1) is 6.42 Å². The number of rotatable bonds is 10. The van der Waals surface area contributed by atoms with Gasteiger partial charge in [-0.25, -0.2) is 14.3 Å². The maximum absolute atomic E-state index is 13.2. The third-order valence-electron chi connectivity index (χ3n) is 7.25. The first-order valence-electron chi connectivity index (χ1n) is 12.1. The Bertz CT molecular complexity index is 1380. The lowest BCUT2D eigenvalue weighted by atomic mass is 9.78. The van der Waals surface area contributed by atoms with Crippen molar-refractivity contribution in [3.63, 3.8) is 0 Å². The van der Waals surface area contributed by atoms with E-state index in [1.807, 2.05) is 0 Å². The number of aromatic hydroxyl groups is 1. The zero-order valence-corrected chi connectivity index (χ0v) is 22.6. The number of β-lactam (4-membered cyclic amide) rings is 1. The SMILES string of the molecule is Cc1ncc([N+](=O)[O-])n1CCOC(=O)C[C@@]1(C(=O)O)N2C(=O)[C@@H](NC(=O)[C@H](N)c3ccc(O)cc3)[C@H]2SC1(C)C. The van der Waals surface area contributed by atoms with Crippen molar-refractivity contribution < 1.29 is 39.1 Å². The number of amides is 2. The largest absolute Gasteiger partial charge is 0.508 e. The summed E-state index contributed by atoms with van der Waals surface area (Å²) < 4.78 is 5.31. The van der Waals surface area contributed by atoms with Crippen LogP contribution in [0.1, 0.15) is 37.7 Å². The number of nitrogens with two attached hydrogens (primary N) is 1. The number of aryl methyl sites for hydroxylation is 1. The molecule has 0 aliphatic carbocycles. The lowest BCUT2D eigenvalue weighted by Crippen LogP contribution is -2.76. The third kappa shape index (κ3) is 4.72. The summed E-state index contributed by atoms with van der Waals surface area (Å²) in [5, 5.41) is 32.7. The highest BCUT2D eigenvalue weighted by molar-refractivity contribution is 8.01. The molecule has 2 saturated heterocycles. The van der Waals surface area contributed by atoms with Crippen molar-refractivity contribution in [2.24, 2.45) is 5.73 Å². The molecule has 214 valence electrons. The number of phenolic OH excluding ortho intramolecular Hbond substituents is 1. The molecule has 15 nitrogen and oxygen atoms in total. The number of aromatic nitrogens is 2. The lowest BCUT2D eigenvalue weighted by molar-refractivity contribution is -0.392. The number of thioether (sulfide) groups is 1. The Morgan fingerprint density at radius 3 is 2.55 bits per heavy atom. The number of benzene rings is 1. The van der Waals surface area contributed by atoms with Crippen LogP contribution in [0.5, 0.6) is 5.75 Å². The Labute approximate surface area is 231 Å². The highest BCUT2D eigenvalue weighted by Crippen LogP contribution is 2.58. The number of carbonyl (C=O) groups excluding carboxylic acids is 3. The minimum atomic E-state index is -1.98. The van der Waals surface area contributed by atoms with Gasteiger partial charge in [0.15, 0.2) is 11.4 Å². The summed E-state index contributed by atoms with van der Waals surface area (Å²) in [7, 11) is 0. The van der Waals surface area contributed by atoms with Gasteiger partial charge >= 0.3 is 17.8 Å². The molecule has 40 heavy (non-hydrogen) atoms. The number of nitro groups is 1. The second-order valence-electron chi connectivity index (χ2n) is 9.92. The van der Waals surface area contributed by atoms with Gasteiger partial charge in [0.25, 0.3) is 0 Å². The second-order valence-corrected chi connectivity index (χ2v) is 11.7. The van der Waals surface area contributed by atoms with E-state index in [1.54, 1.807) is 20.8 Å². The zero-order chi connectivity index (χ0) is 29.6. The van der Waals surface area contributed by atoms with Gasteiger partial charge in [0.1, 0.15) is 42.6 Å². The van der Waals surface area contributed by atoms with Crippen molar-refractivity contribution in [3.05, 3.63) is 52.0 Å². The highest BCUT2D eigenvalue weighted by Gasteiger charge is 2.73. The summed E-state index contributed by atoms with van der Waals surface area (Å²) >= 11 is 1.13. The molecule has 2 fully saturated rings. The topological polar surface area (TPSA) is 220 Å². The average Bonchev–Trinajstić information content (AvgIpc) is 3.35. The quantitative estimate of drug-likeness (QED) is 0.131. The number of carbonyl (C=O) groups is 4. The van der Waals surface area contributed by atoms with Crippen LogP contribution in [0.4, 0.5) is 5.82 Å². The molecule has 16 heteroatoms. The van der Waals surface area contributed by atoms with E-state index in [2.05, 4.69) is 10.3 Å². The monoisotopic (exact) mass is 576 g/mol. The molecule has 2 amide bonds. The summed E-state index contributed by atoms with van der Waals surface area (Å²) in [5.41, 5.74) is 4.43. The van der Waals surface area contributed by atoms with E-state index >= 15 is 0 Å². The Balaban J connectivity index is 1.45. The Hall–Kier alpha value is -4.18. The van der Waals surface area contributed by atoms with E-state index in [0.717, 1.165) is 22.9 Å². The van der Waals surface area contributed by atoms with Crippen LogP contribution in [0.15, 0.2) is 30.5 Å². The first-order chi connectivity index (χ1) is 18.7. The van der Waals surface area contributed by atoms with Crippen molar-refractivity contribution in [2.45, 2.75) is 61.5 Å². The summed E-state index contributed by atoms with van der Waals surface area (Å²) in [4.78, 5) is 67.0. The number of fused-ring (bicyclic) bond motifs is 1. The number of hydrogen-bond acceptors (Lipinski definition) is 11. The van der Waals surface area contributed by atoms with Gasteiger partial charge in [-0.2, -0.15) is 0 Å². The fourth-order valence-electron chi connectivity index (χ4n) is 5.01. The van der Waals surface area contributed by atoms with Crippen molar-refractivity contribution in [2.75, 3.05) is 6.61 Å². The Kier molecular flexibility index (Phi) is 7.51. The molecule has 0 spiro atoms. The van der Waals surface area contributed by atoms with Gasteiger partial charge in [-0.15, -0.1) is 11.8 Å². The molecule has 0 bridgehead atoms. The van der Waals surface area contributed by atoms with Gasteiger partial charge in [-0.1, -0.05) is 12.1 Å². The molecule has 0 saturated carbocycles. The number of nitrogens with one attached hydrogen (secondary N) is 1. The fourth-order valence-corrected chi connectivity index (χ4v) is 6.78. The van der Waals surface area contributed by atoms with Crippen LogP contribution in [-0.2, 0) is 30.5 Å². The normalized spacial score (nSPS) is 23.6. The smallest absolute Gasteiger partial charge is 0.342 e. The third-order valence-corrected chi connectivity index (χ3v) is 8.90. The summed E-state index contributed by atoms with van der Waals surface area (Å²) in [5.74, 6) is -3.63. The Morgan fingerprint density at radius 2 is 1.95 bits per heavy atom. The molecule has 3 heterocycles. The van der Waals surface area contributed by atoms with Crippen molar-refractivity contribution in [3.8, 4) is 5.75 Å². The fraction of sp³-hybridized carbons (Fsp3) is 0.458. The number of aliphatic carboxylic acids is 1. The molecule has 4 rings (SSSR count). The number of imidazole rings is 1. The van der Waals surface area contributed by atoms with Crippen molar-refractivity contribution >= 4 is 41.3 Å². The molecule has 0 unspecified atom stereocenters. The lowest BCUT2D eigenvalue weighted by Gasteiger charge is -2.49. The van der Waals surface area contributed by atoms with E-state index in [0.29, 0.717) is 11.4 Å². The highest BCUT2D eigenvalue weighted by atomic mass is 32.2. The van der Waals surface area contributed by atoms with E-state index in [1.165, 1.54) is 28.8 Å². The molecule has 5 N–H and O–H groups in total. The van der Waals surface area contributed by atoms with E-state index in [-0.39, 0.29) is 24.7 Å². The minimum absolute atomic E-state index is 0.00699. The van der Waals surface area contributed by atoms with Crippen LogP contribution < -0.4 is 11.1 Å². The van der Waals surface area contributed by atoms with Crippen LogP contribution in [0.25, 0.3) is 0 Å². The van der Waals surface area contributed by atoms with Crippen molar-refractivity contribution in [1.29, 1.82) is 0 Å². The van der Waals surface area contributed by atoms with Crippen molar-refractivity contribution in [1.82, 2.24) is 19.8 Å². The molecular weight excluding hydrogens is 548 g/mol. The van der Waals surface area contributed by atoms with Gasteiger partial charge in [-0.05, 0) is 36.5 Å². The number of carboxylic acid groups (broad SMARTS) is 1. The van der Waals surface area contributed by atoms with Crippen LogP contribution in [0.3, 0.4) is 0 Å². The number of carboxylic acids is 1. The summed E-state index contributed by atoms with van der Waals surface area (Å²) in [6.45, 7) is 4.36. The van der Waals surface area contributed by atoms with Crippen LogP contribution in [-0.4, -0.2) is 81.6 Å². The number of hydrogen-bond donors (Lipinski definition) is 4. The van der Waals surface area contributed by atoms with Gasteiger partial charge in [0.2, 0.25) is 11.8 Å². The summed E-state index contributed by atoms with van der Waals surface area (Å²) in [6, 6.07) is 3.46. The van der Waals surface area contributed by atoms with Gasteiger partial charge in [-0.3, -0.25) is 14.4 Å². The predicted molar refractivity (Wildman–Crippen MR) is 139 cm³/mol. The minimum Gasteiger partial charge on any atom is -0.508 e. The zero-order valence-electron chi connectivity index (χ0n) is 21.8. The molecule has 0 radical (unpaired) electrons. The number of nitrogens with zero attached hydrogens (tertiary/aromatic N) is 4. The second kappa shape index (κ2) is 10.4. The van der Waals surface area contributed by atoms with E-state index < -0.39 is 62.8 Å². The van der Waals surface area contributed by atoms with Crippen LogP contribution in [0.2, 0.25) is 0 Å². The Morgan fingerprint density at radius 1 is 1.30 bits per heavy atom. The maximum atomic E-state index is 13.2. The van der Waals surface area contributed by atoms with Gasteiger partial charge in [0, 0.05) is 11.7 Å². The van der Waals surface area contributed by atoms with E-state index in [9.17, 15) is 39.5 Å². The molecular formula is C24H28N6O9S. The molecule has 4 atom stereocenters. The number of ether oxygens (including phenoxy) is 1. The number of phenols is 1. The molecule has 1 aromatic heterocycles. The first-order valence-corrected chi connectivity index (χ1v) is 13.0. The standard InChI is InChI=1S/C24H28N6O9S/c1-12-26-11-15(30(37)38)28(12)8-9-39-16(32)10-24(22(35)36)23(2,3)40-21-18(20(34)29(21)24)27-19(33)17(25)13-4-6-14(31)7-5-13/h4-7,11,17-18,21,31H,8-10,25H2,1-3H3,(H,27,33)(H,35,36)/t17-,18-,21-,24+/m1/s1. The molecule has 2 aromatic rings. The molecule has 2 aliphatic heterocycles. The molecule has 1 aromatic carbocycles. The first kappa shape index (κ1) is 28.8. The summed E-state index contributed by atoms with van der Waals surface area (Å²) in [6.07, 6.45) is 0.403. The number of esters is 1. The van der Waals surface area contributed by atoms with E-state index in [4.69, 9.17) is 10.5 Å².